The average Bonchev–Trinajstić information content (AvgIpc) is 2.99. The molecule has 0 unspecified atom stereocenters. The Hall–Kier alpha value is -1.88. The molecule has 1 atom stereocenters. The molecule has 3 rings (SSSR count). The van der Waals surface area contributed by atoms with E-state index in [-0.39, 0.29) is 5.91 Å². The fourth-order valence-electron chi connectivity index (χ4n) is 4.27. The smallest absolute Gasteiger partial charge is 0.269 e. The molecule has 1 aliphatic heterocycles. The molecule has 0 saturated carbocycles. The van der Waals surface area contributed by atoms with Crippen LogP contribution in [-0.2, 0) is 7.05 Å². The molecule has 1 aromatic rings. The molecule has 148 valence electrons. The van der Waals surface area contributed by atoms with Crippen LogP contribution in [0.15, 0.2) is 29.9 Å². The second kappa shape index (κ2) is 8.87. The van der Waals surface area contributed by atoms with Gasteiger partial charge in [0.1, 0.15) is 5.69 Å². The number of carbonyl (C=O) groups is 1. The molecule has 1 saturated heterocycles. The lowest BCUT2D eigenvalue weighted by Gasteiger charge is -2.33. The maximum absolute atomic E-state index is 12.3. The van der Waals surface area contributed by atoms with E-state index in [4.69, 9.17) is 0 Å². The van der Waals surface area contributed by atoms with E-state index >= 15 is 0 Å². The van der Waals surface area contributed by atoms with E-state index in [1.165, 1.54) is 24.8 Å². The van der Waals surface area contributed by atoms with Crippen LogP contribution in [0.5, 0.6) is 0 Å². The summed E-state index contributed by atoms with van der Waals surface area (Å²) in [5.41, 5.74) is 4.45. The van der Waals surface area contributed by atoms with Crippen molar-refractivity contribution in [1.82, 2.24) is 20.0 Å². The molecule has 1 N–H and O–H groups in total. The summed E-state index contributed by atoms with van der Waals surface area (Å²) in [5, 5.41) is 7.34. The summed E-state index contributed by atoms with van der Waals surface area (Å²) in [4.78, 5) is 14.9. The molecule has 5 heteroatoms. The summed E-state index contributed by atoms with van der Waals surface area (Å²) in [6.07, 6.45) is 8.42. The summed E-state index contributed by atoms with van der Waals surface area (Å²) >= 11 is 0. The monoisotopic (exact) mass is 370 g/mol. The molecular weight excluding hydrogens is 336 g/mol. The summed E-state index contributed by atoms with van der Waals surface area (Å²) in [6, 6.07) is 1.84. The second-order valence-corrected chi connectivity index (χ2v) is 8.40. The van der Waals surface area contributed by atoms with E-state index in [1.54, 1.807) is 10.3 Å². The minimum absolute atomic E-state index is 0.0139. The average molecular weight is 371 g/mol. The Morgan fingerprint density at radius 1 is 1.33 bits per heavy atom. The summed E-state index contributed by atoms with van der Waals surface area (Å²) < 4.78 is 1.66. The maximum atomic E-state index is 12.3. The van der Waals surface area contributed by atoms with Crippen LogP contribution in [0.1, 0.15) is 55.2 Å². The third-order valence-electron chi connectivity index (χ3n) is 6.12. The number of amides is 1. The third-order valence-corrected chi connectivity index (χ3v) is 6.12. The van der Waals surface area contributed by atoms with Crippen molar-refractivity contribution in [3.05, 3.63) is 41.3 Å². The van der Waals surface area contributed by atoms with Crippen LogP contribution >= 0.6 is 0 Å². The van der Waals surface area contributed by atoms with Gasteiger partial charge in [-0.15, -0.1) is 0 Å². The predicted octanol–water partition coefficient (Wildman–Crippen LogP) is 3.47. The number of carbonyl (C=O) groups excluding carboxylic acids is 1. The lowest BCUT2D eigenvalue weighted by atomic mass is 9.85. The topological polar surface area (TPSA) is 50.2 Å². The highest BCUT2D eigenvalue weighted by Crippen LogP contribution is 2.29. The number of aryl methyl sites for hydroxylation is 2. The summed E-state index contributed by atoms with van der Waals surface area (Å²) in [7, 11) is 1.82. The predicted molar refractivity (Wildman–Crippen MR) is 110 cm³/mol. The number of nitrogens with one attached hydrogen (secondary N) is 1. The molecular formula is C22H34N4O. The van der Waals surface area contributed by atoms with Crippen LogP contribution in [0.3, 0.4) is 0 Å². The van der Waals surface area contributed by atoms with E-state index in [0.29, 0.717) is 17.5 Å². The number of hydrogen-bond acceptors (Lipinski definition) is 3. The molecule has 0 spiro atoms. The van der Waals surface area contributed by atoms with E-state index in [0.717, 1.165) is 44.7 Å². The Bertz CT molecular complexity index is 710. The standard InChI is InChI=1S/C22H34N4O/c1-16(2)20-7-5-19(6-8-20)15-26-11-9-18(10-12-26)14-23-22(27)21-13-17(3)24-25(21)4/h5,13,18,20H,1,6-12,14-15H2,2-4H3,(H,23,27)/t20-/m1/s1. The molecule has 0 radical (unpaired) electrons. The molecule has 2 heterocycles. The van der Waals surface area contributed by atoms with Crippen LogP contribution in [-0.4, -0.2) is 46.8 Å². The van der Waals surface area contributed by atoms with Gasteiger partial charge in [0.05, 0.1) is 5.69 Å². The number of piperidine rings is 1. The van der Waals surface area contributed by atoms with Crippen molar-refractivity contribution in [3.8, 4) is 0 Å². The first-order valence-electron chi connectivity index (χ1n) is 10.3. The normalized spacial score (nSPS) is 21.7. The van der Waals surface area contributed by atoms with Crippen LogP contribution in [0.2, 0.25) is 0 Å². The van der Waals surface area contributed by atoms with E-state index < -0.39 is 0 Å². The van der Waals surface area contributed by atoms with Crippen molar-refractivity contribution in [1.29, 1.82) is 0 Å². The molecule has 1 fully saturated rings. The van der Waals surface area contributed by atoms with Gasteiger partial charge in [0.2, 0.25) is 0 Å². The van der Waals surface area contributed by atoms with E-state index in [9.17, 15) is 4.79 Å². The number of aromatic nitrogens is 2. The third kappa shape index (κ3) is 5.32. The molecule has 1 aliphatic carbocycles. The van der Waals surface area contributed by atoms with Crippen molar-refractivity contribution in [2.75, 3.05) is 26.2 Å². The van der Waals surface area contributed by atoms with Crippen molar-refractivity contribution in [2.24, 2.45) is 18.9 Å². The fourth-order valence-corrected chi connectivity index (χ4v) is 4.27. The summed E-state index contributed by atoms with van der Waals surface area (Å²) in [6.45, 7) is 12.3. The molecule has 0 aromatic carbocycles. The fraction of sp³-hybridized carbons (Fsp3) is 0.636. The highest BCUT2D eigenvalue weighted by Gasteiger charge is 2.22. The SMILES string of the molecule is C=C(C)[C@@H]1CC=C(CN2CCC(CNC(=O)c3cc(C)nn3C)CC2)CC1. The highest BCUT2D eigenvalue weighted by atomic mass is 16.2. The Kier molecular flexibility index (Phi) is 6.53. The molecule has 1 aromatic heterocycles. The zero-order valence-corrected chi connectivity index (χ0v) is 17.1. The first-order valence-corrected chi connectivity index (χ1v) is 10.3. The van der Waals surface area contributed by atoms with Crippen LogP contribution in [0.25, 0.3) is 0 Å². The van der Waals surface area contributed by atoms with Gasteiger partial charge in [-0.05, 0) is 76.9 Å². The Morgan fingerprint density at radius 3 is 2.63 bits per heavy atom. The number of hydrogen-bond donors (Lipinski definition) is 1. The number of nitrogens with zero attached hydrogens (tertiary/aromatic N) is 3. The number of likely N-dealkylation sites (tertiary alicyclic amines) is 1. The van der Waals surface area contributed by atoms with Gasteiger partial charge >= 0.3 is 0 Å². The van der Waals surface area contributed by atoms with Gasteiger partial charge < -0.3 is 5.32 Å². The molecule has 5 nitrogen and oxygen atoms in total. The van der Waals surface area contributed by atoms with Crippen LogP contribution < -0.4 is 5.32 Å². The van der Waals surface area contributed by atoms with Crippen molar-refractivity contribution in [3.63, 3.8) is 0 Å². The first kappa shape index (κ1) is 19.9. The van der Waals surface area contributed by atoms with Crippen LogP contribution in [0, 0.1) is 18.8 Å². The van der Waals surface area contributed by atoms with Crippen molar-refractivity contribution >= 4 is 5.91 Å². The summed E-state index contributed by atoms with van der Waals surface area (Å²) in [5.74, 6) is 1.25. The van der Waals surface area contributed by atoms with Gasteiger partial charge in [-0.1, -0.05) is 23.8 Å². The molecule has 1 amide bonds. The van der Waals surface area contributed by atoms with Crippen molar-refractivity contribution in [2.45, 2.75) is 46.0 Å². The molecule has 0 bridgehead atoms. The van der Waals surface area contributed by atoms with E-state index in [2.05, 4.69) is 34.9 Å². The van der Waals surface area contributed by atoms with Crippen LogP contribution in [0.4, 0.5) is 0 Å². The maximum Gasteiger partial charge on any atom is 0.269 e. The Balaban J connectivity index is 1.38. The van der Waals surface area contributed by atoms with Gasteiger partial charge in [0.15, 0.2) is 0 Å². The second-order valence-electron chi connectivity index (χ2n) is 8.40. The van der Waals surface area contributed by atoms with Crippen molar-refractivity contribution < 1.29 is 4.79 Å². The van der Waals surface area contributed by atoms with Gasteiger partial charge in [0, 0.05) is 20.1 Å². The largest absolute Gasteiger partial charge is 0.350 e. The lowest BCUT2D eigenvalue weighted by molar-refractivity contribution is 0.0928. The minimum Gasteiger partial charge on any atom is -0.350 e. The molecule has 2 aliphatic rings. The lowest BCUT2D eigenvalue weighted by Crippen LogP contribution is -2.39. The highest BCUT2D eigenvalue weighted by molar-refractivity contribution is 5.92. The Labute approximate surface area is 163 Å². The number of rotatable bonds is 6. The first-order chi connectivity index (χ1) is 12.9. The zero-order chi connectivity index (χ0) is 19.4. The van der Waals surface area contributed by atoms with Gasteiger partial charge in [0.25, 0.3) is 5.91 Å². The molecule has 27 heavy (non-hydrogen) atoms. The minimum atomic E-state index is -0.0139. The quantitative estimate of drug-likeness (QED) is 0.780. The zero-order valence-electron chi connectivity index (χ0n) is 17.1. The number of allylic oxidation sites excluding steroid dienone is 2. The van der Waals surface area contributed by atoms with E-state index in [1.807, 2.05) is 20.0 Å². The van der Waals surface area contributed by atoms with Gasteiger partial charge in [-0.25, -0.2) is 0 Å². The van der Waals surface area contributed by atoms with Gasteiger partial charge in [-0.2, -0.15) is 5.10 Å². The van der Waals surface area contributed by atoms with Gasteiger partial charge in [-0.3, -0.25) is 14.4 Å². The Morgan fingerprint density at radius 2 is 2.07 bits per heavy atom.